The third kappa shape index (κ3) is 7.08. The molecule has 1 amide bonds. The van der Waals surface area contributed by atoms with Gasteiger partial charge >= 0.3 is 0 Å². The average molecular weight is 513 g/mol. The SMILES string of the molecule is C=C/C=C(\C=C)C1CCCN(c2nc(Nc3cncc(N4CCCC4=O)c3)ncc2Cl)C1.CSC. The number of amides is 1. The molecule has 2 aliphatic rings. The Bertz CT molecular complexity index is 1080. The summed E-state index contributed by atoms with van der Waals surface area (Å²) >= 11 is 8.23. The van der Waals surface area contributed by atoms with Gasteiger partial charge in [-0.2, -0.15) is 16.7 Å². The predicted molar refractivity (Wildman–Crippen MR) is 149 cm³/mol. The third-order valence-electron chi connectivity index (χ3n) is 5.83. The largest absolute Gasteiger partial charge is 0.355 e. The normalized spacial score (nSPS) is 18.1. The Morgan fingerprint density at radius 1 is 1.23 bits per heavy atom. The molecule has 0 spiro atoms. The van der Waals surface area contributed by atoms with E-state index in [0.29, 0.717) is 35.7 Å². The summed E-state index contributed by atoms with van der Waals surface area (Å²) in [6.45, 7) is 10.1. The van der Waals surface area contributed by atoms with Crippen molar-refractivity contribution in [2.75, 3.05) is 47.3 Å². The van der Waals surface area contributed by atoms with Gasteiger partial charge in [-0.1, -0.05) is 43.0 Å². The van der Waals surface area contributed by atoms with Gasteiger partial charge in [0.1, 0.15) is 5.02 Å². The molecule has 0 aliphatic carbocycles. The number of halogens is 1. The van der Waals surface area contributed by atoms with Crippen molar-refractivity contribution in [3.8, 4) is 0 Å². The molecule has 1 N–H and O–H groups in total. The van der Waals surface area contributed by atoms with Crippen molar-refractivity contribution in [2.24, 2.45) is 5.92 Å². The maximum Gasteiger partial charge on any atom is 0.229 e. The number of piperidine rings is 1. The zero-order valence-electron chi connectivity index (χ0n) is 20.4. The van der Waals surface area contributed by atoms with Crippen LogP contribution < -0.4 is 15.1 Å². The van der Waals surface area contributed by atoms with Gasteiger partial charge in [0, 0.05) is 32.0 Å². The van der Waals surface area contributed by atoms with E-state index < -0.39 is 0 Å². The van der Waals surface area contributed by atoms with E-state index >= 15 is 0 Å². The molecule has 1 atom stereocenters. The molecule has 9 heteroatoms. The van der Waals surface area contributed by atoms with Crippen LogP contribution >= 0.6 is 23.4 Å². The Balaban J connectivity index is 0.00000108. The highest BCUT2D eigenvalue weighted by Gasteiger charge is 2.25. The van der Waals surface area contributed by atoms with E-state index in [1.807, 2.05) is 30.7 Å². The molecule has 0 aromatic carbocycles. The highest BCUT2D eigenvalue weighted by atomic mass is 35.5. The van der Waals surface area contributed by atoms with Crippen LogP contribution in [-0.4, -0.2) is 53.0 Å². The van der Waals surface area contributed by atoms with Crippen molar-refractivity contribution in [3.05, 3.63) is 66.6 Å². The minimum atomic E-state index is 0.123. The second kappa shape index (κ2) is 13.3. The van der Waals surface area contributed by atoms with Gasteiger partial charge in [0.25, 0.3) is 0 Å². The molecule has 0 bridgehead atoms. The van der Waals surface area contributed by atoms with Crippen LogP contribution in [0, 0.1) is 5.92 Å². The van der Waals surface area contributed by atoms with Gasteiger partial charge in [-0.3, -0.25) is 9.78 Å². The summed E-state index contributed by atoms with van der Waals surface area (Å²) in [5.41, 5.74) is 2.67. The molecule has 2 aromatic heterocycles. The zero-order valence-corrected chi connectivity index (χ0v) is 22.0. The van der Waals surface area contributed by atoms with E-state index in [1.165, 1.54) is 5.57 Å². The first-order chi connectivity index (χ1) is 17.0. The Labute approximate surface area is 217 Å². The first kappa shape index (κ1) is 26.8. The van der Waals surface area contributed by atoms with Gasteiger partial charge in [-0.15, -0.1) is 0 Å². The number of nitrogens with one attached hydrogen (secondary N) is 1. The fraction of sp³-hybridized carbons (Fsp3) is 0.385. The number of hydrogen-bond acceptors (Lipinski definition) is 7. The van der Waals surface area contributed by atoms with Crippen LogP contribution in [0.5, 0.6) is 0 Å². The van der Waals surface area contributed by atoms with E-state index in [-0.39, 0.29) is 5.91 Å². The number of nitrogens with zero attached hydrogens (tertiary/aromatic N) is 5. The molecule has 186 valence electrons. The lowest BCUT2D eigenvalue weighted by molar-refractivity contribution is -0.117. The summed E-state index contributed by atoms with van der Waals surface area (Å²) in [5.74, 6) is 1.61. The van der Waals surface area contributed by atoms with E-state index in [9.17, 15) is 4.79 Å². The molecule has 2 aromatic rings. The molecule has 2 saturated heterocycles. The number of rotatable bonds is 7. The average Bonchev–Trinajstić information content (AvgIpc) is 3.30. The molecule has 35 heavy (non-hydrogen) atoms. The molecule has 0 radical (unpaired) electrons. The number of carbonyl (C=O) groups excluding carboxylic acids is 1. The molecule has 0 saturated carbocycles. The Kier molecular flexibility index (Phi) is 10.2. The fourth-order valence-electron chi connectivity index (χ4n) is 4.28. The van der Waals surface area contributed by atoms with Crippen molar-refractivity contribution < 1.29 is 4.79 Å². The molecule has 4 heterocycles. The van der Waals surface area contributed by atoms with Crippen LogP contribution in [0.3, 0.4) is 0 Å². The molecule has 4 rings (SSSR count). The van der Waals surface area contributed by atoms with E-state index in [0.717, 1.165) is 43.7 Å². The maximum atomic E-state index is 12.1. The van der Waals surface area contributed by atoms with Gasteiger partial charge in [0.05, 0.1) is 30.0 Å². The number of pyridine rings is 1. The van der Waals surface area contributed by atoms with E-state index in [2.05, 4.69) is 33.3 Å². The molecular formula is C26H33ClN6OS. The van der Waals surface area contributed by atoms with Crippen molar-refractivity contribution >= 4 is 52.4 Å². The monoisotopic (exact) mass is 512 g/mol. The smallest absolute Gasteiger partial charge is 0.229 e. The quantitative estimate of drug-likeness (QED) is 0.463. The van der Waals surface area contributed by atoms with Crippen molar-refractivity contribution in [1.29, 1.82) is 0 Å². The van der Waals surface area contributed by atoms with Crippen LogP contribution in [0.2, 0.25) is 5.02 Å². The van der Waals surface area contributed by atoms with Crippen molar-refractivity contribution in [1.82, 2.24) is 15.0 Å². The number of anilines is 4. The molecule has 2 fully saturated rings. The lowest BCUT2D eigenvalue weighted by Gasteiger charge is -2.34. The van der Waals surface area contributed by atoms with E-state index in [4.69, 9.17) is 16.6 Å². The van der Waals surface area contributed by atoms with E-state index in [1.54, 1.807) is 41.3 Å². The number of aromatic nitrogens is 3. The van der Waals surface area contributed by atoms with Crippen LogP contribution in [-0.2, 0) is 4.79 Å². The van der Waals surface area contributed by atoms with Gasteiger partial charge in [0.15, 0.2) is 5.82 Å². The first-order valence-corrected chi connectivity index (χ1v) is 13.7. The predicted octanol–water partition coefficient (Wildman–Crippen LogP) is 5.89. The summed E-state index contributed by atoms with van der Waals surface area (Å²) in [6.07, 6.45) is 18.4. The second-order valence-electron chi connectivity index (χ2n) is 8.37. The highest BCUT2D eigenvalue weighted by molar-refractivity contribution is 7.97. The van der Waals surface area contributed by atoms with Gasteiger partial charge in [-0.25, -0.2) is 4.98 Å². The Morgan fingerprint density at radius 2 is 2.03 bits per heavy atom. The summed E-state index contributed by atoms with van der Waals surface area (Å²) in [4.78, 5) is 29.3. The van der Waals surface area contributed by atoms with Crippen LogP contribution in [0.4, 0.5) is 23.1 Å². The van der Waals surface area contributed by atoms with Crippen LogP contribution in [0.15, 0.2) is 61.6 Å². The van der Waals surface area contributed by atoms with Gasteiger partial charge in [-0.05, 0) is 43.4 Å². The summed E-state index contributed by atoms with van der Waals surface area (Å²) in [6, 6.07) is 1.89. The lowest BCUT2D eigenvalue weighted by Crippen LogP contribution is -2.36. The highest BCUT2D eigenvalue weighted by Crippen LogP contribution is 2.32. The zero-order chi connectivity index (χ0) is 25.2. The lowest BCUT2D eigenvalue weighted by atomic mass is 9.90. The third-order valence-corrected chi connectivity index (χ3v) is 6.10. The number of allylic oxidation sites excluding steroid dienone is 3. The molecule has 1 unspecified atom stereocenters. The minimum Gasteiger partial charge on any atom is -0.355 e. The number of thioether (sulfide) groups is 1. The molecule has 2 aliphatic heterocycles. The van der Waals surface area contributed by atoms with Crippen molar-refractivity contribution in [2.45, 2.75) is 25.7 Å². The van der Waals surface area contributed by atoms with Crippen LogP contribution in [0.25, 0.3) is 0 Å². The van der Waals surface area contributed by atoms with Crippen molar-refractivity contribution in [3.63, 3.8) is 0 Å². The summed E-state index contributed by atoms with van der Waals surface area (Å²) in [7, 11) is 0. The Morgan fingerprint density at radius 3 is 2.71 bits per heavy atom. The minimum absolute atomic E-state index is 0.123. The summed E-state index contributed by atoms with van der Waals surface area (Å²) < 4.78 is 0. The number of hydrogen-bond donors (Lipinski definition) is 1. The first-order valence-electron chi connectivity index (χ1n) is 11.7. The summed E-state index contributed by atoms with van der Waals surface area (Å²) in [5, 5.41) is 3.72. The van der Waals surface area contributed by atoms with Gasteiger partial charge in [0.2, 0.25) is 11.9 Å². The topological polar surface area (TPSA) is 74.2 Å². The maximum absolute atomic E-state index is 12.1. The fourth-order valence-corrected chi connectivity index (χ4v) is 4.49. The molecular weight excluding hydrogens is 480 g/mol. The molecule has 7 nitrogen and oxygen atoms in total. The Hall–Kier alpha value is -2.84. The van der Waals surface area contributed by atoms with Gasteiger partial charge < -0.3 is 15.1 Å². The van der Waals surface area contributed by atoms with Crippen LogP contribution in [0.1, 0.15) is 25.7 Å². The number of carbonyl (C=O) groups is 1. The second-order valence-corrected chi connectivity index (χ2v) is 9.59. The standard InChI is InChI=1S/C24H27ClN6O.C2H6S/c1-3-7-17(4-2)18-8-5-10-30(16-18)23-21(25)15-27-24(29-23)28-19-12-20(14-26-13-19)31-11-6-9-22(31)32;1-3-2/h3-4,7,12-15,18H,1-2,5-6,8-11,16H2,(H,27,28,29);1-2H3/b17-7+;.